The summed E-state index contributed by atoms with van der Waals surface area (Å²) < 4.78 is 5.37. The minimum Gasteiger partial charge on any atom is -0.444 e. The van der Waals surface area contributed by atoms with Crippen LogP contribution in [0.4, 0.5) is 4.79 Å². The summed E-state index contributed by atoms with van der Waals surface area (Å²) in [6.07, 6.45) is 1.02. The van der Waals surface area contributed by atoms with Gasteiger partial charge < -0.3 is 21.1 Å². The molecule has 9 heteroatoms. The van der Waals surface area contributed by atoms with Crippen molar-refractivity contribution in [3.63, 3.8) is 0 Å². The van der Waals surface area contributed by atoms with Crippen molar-refractivity contribution in [2.75, 3.05) is 6.54 Å². The summed E-state index contributed by atoms with van der Waals surface area (Å²) in [4.78, 5) is 50.3. The molecular weight excluding hydrogens is 364 g/mol. The molecule has 0 unspecified atom stereocenters. The molecular formula is C19H34N4O5. The Labute approximate surface area is 166 Å². The Kier molecular flexibility index (Phi) is 8.26. The molecule has 0 bridgehead atoms. The fourth-order valence-electron chi connectivity index (χ4n) is 2.93. The van der Waals surface area contributed by atoms with Crippen molar-refractivity contribution < 1.29 is 23.9 Å². The van der Waals surface area contributed by atoms with Crippen LogP contribution in [-0.2, 0) is 19.1 Å². The maximum absolute atomic E-state index is 12.8. The molecule has 28 heavy (non-hydrogen) atoms. The van der Waals surface area contributed by atoms with E-state index >= 15 is 0 Å². The number of hydrogen-bond acceptors (Lipinski definition) is 5. The zero-order chi connectivity index (χ0) is 21.6. The monoisotopic (exact) mass is 398 g/mol. The van der Waals surface area contributed by atoms with Gasteiger partial charge in [0.1, 0.15) is 23.7 Å². The van der Waals surface area contributed by atoms with Crippen molar-refractivity contribution in [2.24, 2.45) is 11.7 Å². The summed E-state index contributed by atoms with van der Waals surface area (Å²) in [6, 6.07) is -2.36. The highest BCUT2D eigenvalue weighted by molar-refractivity contribution is 5.93. The predicted octanol–water partition coefficient (Wildman–Crippen LogP) is 0.907. The number of carbonyl (C=O) groups is 4. The van der Waals surface area contributed by atoms with Crippen LogP contribution in [0.1, 0.15) is 60.8 Å². The molecule has 1 rings (SSSR count). The largest absolute Gasteiger partial charge is 0.444 e. The number of hydrogen-bond donors (Lipinski definition) is 3. The Balaban J connectivity index is 2.84. The van der Waals surface area contributed by atoms with Crippen molar-refractivity contribution in [3.8, 4) is 0 Å². The van der Waals surface area contributed by atoms with Gasteiger partial charge in [0.2, 0.25) is 17.7 Å². The molecule has 0 aromatic heterocycles. The van der Waals surface area contributed by atoms with E-state index in [1.165, 1.54) is 11.8 Å². The average Bonchev–Trinajstić information content (AvgIpc) is 3.01. The Morgan fingerprint density at radius 1 is 1.14 bits per heavy atom. The number of nitrogens with one attached hydrogen (secondary N) is 2. The molecule has 0 aromatic carbocycles. The van der Waals surface area contributed by atoms with Gasteiger partial charge in [-0.05, 0) is 52.9 Å². The molecule has 9 nitrogen and oxygen atoms in total. The third kappa shape index (κ3) is 7.36. The van der Waals surface area contributed by atoms with Gasteiger partial charge in [0.25, 0.3) is 0 Å². The number of ether oxygens (including phenoxy) is 1. The molecule has 1 saturated heterocycles. The lowest BCUT2D eigenvalue weighted by Crippen LogP contribution is -2.56. The second kappa shape index (κ2) is 9.75. The fraction of sp³-hybridized carbons (Fsp3) is 0.789. The first-order chi connectivity index (χ1) is 12.8. The van der Waals surface area contributed by atoms with Crippen LogP contribution in [0, 0.1) is 5.92 Å². The average molecular weight is 399 g/mol. The van der Waals surface area contributed by atoms with Gasteiger partial charge in [-0.1, -0.05) is 13.8 Å². The minimum absolute atomic E-state index is 0.130. The van der Waals surface area contributed by atoms with E-state index in [-0.39, 0.29) is 5.92 Å². The lowest BCUT2D eigenvalue weighted by molar-refractivity contribution is -0.133. The molecule has 1 heterocycles. The van der Waals surface area contributed by atoms with E-state index in [4.69, 9.17) is 10.5 Å². The van der Waals surface area contributed by atoms with Crippen LogP contribution in [0.2, 0.25) is 0 Å². The molecule has 3 atom stereocenters. The number of carbonyl (C=O) groups excluding carboxylic acids is 4. The molecule has 0 spiro atoms. The third-order valence-electron chi connectivity index (χ3n) is 4.31. The third-order valence-corrected chi connectivity index (χ3v) is 4.31. The van der Waals surface area contributed by atoms with Crippen LogP contribution < -0.4 is 16.4 Å². The van der Waals surface area contributed by atoms with Gasteiger partial charge in [0, 0.05) is 6.54 Å². The van der Waals surface area contributed by atoms with E-state index in [2.05, 4.69) is 10.6 Å². The molecule has 1 aliphatic heterocycles. The first-order valence-corrected chi connectivity index (χ1v) is 9.71. The lowest BCUT2D eigenvalue weighted by Gasteiger charge is -2.29. The molecule has 4 amide bonds. The summed E-state index contributed by atoms with van der Waals surface area (Å²) in [5.74, 6) is -1.41. The summed E-state index contributed by atoms with van der Waals surface area (Å²) >= 11 is 0. The fourth-order valence-corrected chi connectivity index (χ4v) is 2.93. The quantitative estimate of drug-likeness (QED) is 0.586. The zero-order valence-corrected chi connectivity index (χ0v) is 17.7. The van der Waals surface area contributed by atoms with Gasteiger partial charge in [-0.25, -0.2) is 4.79 Å². The van der Waals surface area contributed by atoms with Gasteiger partial charge >= 0.3 is 6.09 Å². The van der Waals surface area contributed by atoms with Crippen LogP contribution in [0.5, 0.6) is 0 Å². The minimum atomic E-state index is -0.844. The predicted molar refractivity (Wildman–Crippen MR) is 104 cm³/mol. The molecule has 160 valence electrons. The molecule has 0 saturated carbocycles. The Morgan fingerprint density at radius 2 is 1.75 bits per heavy atom. The first-order valence-electron chi connectivity index (χ1n) is 9.71. The number of likely N-dealkylation sites (tertiary alicyclic amines) is 1. The Morgan fingerprint density at radius 3 is 2.25 bits per heavy atom. The number of primary amides is 1. The topological polar surface area (TPSA) is 131 Å². The van der Waals surface area contributed by atoms with E-state index in [1.807, 2.05) is 13.8 Å². The Bertz CT molecular complexity index is 600. The van der Waals surface area contributed by atoms with E-state index in [0.717, 1.165) is 0 Å². The molecule has 0 aromatic rings. The van der Waals surface area contributed by atoms with Crippen molar-refractivity contribution in [3.05, 3.63) is 0 Å². The van der Waals surface area contributed by atoms with Gasteiger partial charge in [-0.2, -0.15) is 0 Å². The number of amides is 4. The van der Waals surface area contributed by atoms with Gasteiger partial charge in [-0.15, -0.1) is 0 Å². The maximum atomic E-state index is 12.8. The van der Waals surface area contributed by atoms with Crippen LogP contribution >= 0.6 is 0 Å². The highest BCUT2D eigenvalue weighted by Gasteiger charge is 2.38. The van der Waals surface area contributed by atoms with E-state index in [1.54, 1.807) is 20.8 Å². The van der Waals surface area contributed by atoms with Crippen molar-refractivity contribution in [1.82, 2.24) is 15.5 Å². The molecule has 0 aliphatic carbocycles. The molecule has 0 radical (unpaired) electrons. The Hall–Kier alpha value is -2.32. The lowest BCUT2D eigenvalue weighted by atomic mass is 10.0. The maximum Gasteiger partial charge on any atom is 0.410 e. The van der Waals surface area contributed by atoms with Crippen molar-refractivity contribution in [2.45, 2.75) is 84.5 Å². The van der Waals surface area contributed by atoms with Crippen LogP contribution in [0.3, 0.4) is 0 Å². The highest BCUT2D eigenvalue weighted by Crippen LogP contribution is 2.21. The number of rotatable bonds is 7. The summed E-state index contributed by atoms with van der Waals surface area (Å²) in [5.41, 5.74) is 4.53. The molecule has 1 aliphatic rings. The second-order valence-electron chi connectivity index (χ2n) is 8.66. The van der Waals surface area contributed by atoms with Crippen molar-refractivity contribution in [1.29, 1.82) is 0 Å². The number of nitrogens with two attached hydrogens (primary N) is 1. The zero-order valence-electron chi connectivity index (χ0n) is 17.7. The van der Waals surface area contributed by atoms with Gasteiger partial charge in [-0.3, -0.25) is 19.3 Å². The van der Waals surface area contributed by atoms with E-state index < -0.39 is 47.5 Å². The van der Waals surface area contributed by atoms with E-state index in [9.17, 15) is 19.2 Å². The van der Waals surface area contributed by atoms with Gasteiger partial charge in [0.05, 0.1) is 0 Å². The molecule has 4 N–H and O–H groups in total. The van der Waals surface area contributed by atoms with Crippen molar-refractivity contribution >= 4 is 23.8 Å². The summed E-state index contributed by atoms with van der Waals surface area (Å²) in [5, 5.41) is 5.24. The first kappa shape index (κ1) is 23.7. The smallest absolute Gasteiger partial charge is 0.410 e. The van der Waals surface area contributed by atoms with Crippen LogP contribution in [0.15, 0.2) is 0 Å². The summed E-state index contributed by atoms with van der Waals surface area (Å²) in [6.45, 7) is 11.0. The standard InChI is InChI=1S/C19H34N4O5/c1-11(2)10-13(16(25)21-12(3)15(20)24)22-17(26)14-8-7-9-23(14)18(27)28-19(4,5)6/h11-14H,7-10H2,1-6H3,(H2,20,24)(H,21,25)(H,22,26)/t12-,13-,14-/m0/s1. The highest BCUT2D eigenvalue weighted by atomic mass is 16.6. The van der Waals surface area contributed by atoms with Crippen LogP contribution in [0.25, 0.3) is 0 Å². The normalized spacial score (nSPS) is 19.1. The SMILES string of the molecule is CC(C)C[C@H](NC(=O)[C@@H]1CCCN1C(=O)OC(C)(C)C)C(=O)N[C@@H](C)C(N)=O. The van der Waals surface area contributed by atoms with Gasteiger partial charge in [0.15, 0.2) is 0 Å². The van der Waals surface area contributed by atoms with Crippen LogP contribution in [-0.4, -0.2) is 59.0 Å². The number of nitrogens with zero attached hydrogens (tertiary/aromatic N) is 1. The summed E-state index contributed by atoms with van der Waals surface area (Å²) in [7, 11) is 0. The molecule has 1 fully saturated rings. The van der Waals surface area contributed by atoms with E-state index in [0.29, 0.717) is 25.8 Å². The second-order valence-corrected chi connectivity index (χ2v) is 8.66.